The summed E-state index contributed by atoms with van der Waals surface area (Å²) in [6, 6.07) is 11.5. The first-order valence-corrected chi connectivity index (χ1v) is 7.57. The lowest BCUT2D eigenvalue weighted by Crippen LogP contribution is -2.12. The molecular weight excluding hydrogens is 309 g/mol. The number of hydrogen-bond acceptors (Lipinski definition) is 4. The van der Waals surface area contributed by atoms with Crippen molar-refractivity contribution in [1.29, 1.82) is 0 Å². The highest BCUT2D eigenvalue weighted by molar-refractivity contribution is 6.04. The molecule has 0 fully saturated rings. The Morgan fingerprint density at radius 3 is 2.79 bits per heavy atom. The third kappa shape index (κ3) is 3.32. The summed E-state index contributed by atoms with van der Waals surface area (Å²) < 4.78 is 18.7. The molecule has 0 saturated carbocycles. The van der Waals surface area contributed by atoms with Crippen molar-refractivity contribution in [2.75, 3.05) is 5.32 Å². The molecule has 0 spiro atoms. The van der Waals surface area contributed by atoms with Gasteiger partial charge in [-0.3, -0.25) is 4.79 Å². The predicted octanol–water partition coefficient (Wildman–Crippen LogP) is 4.00. The van der Waals surface area contributed by atoms with Gasteiger partial charge in [0.1, 0.15) is 5.82 Å². The predicted molar refractivity (Wildman–Crippen MR) is 88.2 cm³/mol. The zero-order valence-corrected chi connectivity index (χ0v) is 13.3. The van der Waals surface area contributed by atoms with Crippen LogP contribution in [0, 0.1) is 12.7 Å². The minimum Gasteiger partial charge on any atom is -0.339 e. The van der Waals surface area contributed by atoms with Crippen molar-refractivity contribution in [3.8, 4) is 11.4 Å². The summed E-state index contributed by atoms with van der Waals surface area (Å²) in [6.45, 7) is 3.57. The van der Waals surface area contributed by atoms with Crippen LogP contribution < -0.4 is 5.32 Å². The lowest BCUT2D eigenvalue weighted by molar-refractivity contribution is 0.102. The van der Waals surface area contributed by atoms with Crippen LogP contribution in [-0.4, -0.2) is 16.0 Å². The molecule has 5 nitrogen and oxygen atoms in total. The highest BCUT2D eigenvalue weighted by Crippen LogP contribution is 2.21. The van der Waals surface area contributed by atoms with Crippen LogP contribution in [0.2, 0.25) is 0 Å². The quantitative estimate of drug-likeness (QED) is 0.787. The molecule has 0 bridgehead atoms. The number of anilines is 1. The molecule has 0 unspecified atom stereocenters. The summed E-state index contributed by atoms with van der Waals surface area (Å²) in [5.41, 5.74) is 2.06. The van der Waals surface area contributed by atoms with Gasteiger partial charge in [-0.2, -0.15) is 4.98 Å². The Hall–Kier alpha value is -3.02. The average molecular weight is 325 g/mol. The van der Waals surface area contributed by atoms with Crippen LogP contribution in [0.25, 0.3) is 11.4 Å². The van der Waals surface area contributed by atoms with Crippen molar-refractivity contribution in [1.82, 2.24) is 10.1 Å². The number of halogens is 1. The number of rotatable bonds is 4. The maximum absolute atomic E-state index is 13.6. The molecule has 24 heavy (non-hydrogen) atoms. The first-order chi connectivity index (χ1) is 11.6. The largest absolute Gasteiger partial charge is 0.339 e. The van der Waals surface area contributed by atoms with Crippen molar-refractivity contribution in [2.45, 2.75) is 20.3 Å². The maximum Gasteiger partial charge on any atom is 0.255 e. The molecule has 0 aliphatic carbocycles. The Balaban J connectivity index is 1.81. The number of nitrogens with one attached hydrogen (secondary N) is 1. The van der Waals surface area contributed by atoms with E-state index in [1.54, 1.807) is 37.3 Å². The number of nitrogens with zero attached hydrogens (tertiary/aromatic N) is 2. The second-order valence-electron chi connectivity index (χ2n) is 5.36. The minimum atomic E-state index is -0.407. The van der Waals surface area contributed by atoms with Crippen LogP contribution in [0.5, 0.6) is 0 Å². The molecule has 0 saturated heterocycles. The van der Waals surface area contributed by atoms with Crippen LogP contribution in [-0.2, 0) is 6.42 Å². The fourth-order valence-corrected chi connectivity index (χ4v) is 2.19. The van der Waals surface area contributed by atoms with E-state index in [1.807, 2.05) is 13.0 Å². The first-order valence-electron chi connectivity index (χ1n) is 7.57. The van der Waals surface area contributed by atoms with E-state index in [-0.39, 0.29) is 11.5 Å². The maximum atomic E-state index is 13.6. The number of amides is 1. The van der Waals surface area contributed by atoms with E-state index in [9.17, 15) is 9.18 Å². The second-order valence-corrected chi connectivity index (χ2v) is 5.36. The van der Waals surface area contributed by atoms with Crippen LogP contribution in [0.4, 0.5) is 10.1 Å². The van der Waals surface area contributed by atoms with Gasteiger partial charge in [-0.05, 0) is 36.8 Å². The standard InChI is InChI=1S/C18H16FN3O2/c1-3-16-21-17(22-24-16)12-5-4-6-14(9-12)20-18(23)13-8-7-11(2)15(19)10-13/h4-10H,3H2,1-2H3,(H,20,23). The van der Waals surface area contributed by atoms with Gasteiger partial charge in [-0.15, -0.1) is 0 Å². The summed E-state index contributed by atoms with van der Waals surface area (Å²) in [5, 5.41) is 6.65. The van der Waals surface area contributed by atoms with E-state index in [1.165, 1.54) is 6.07 Å². The number of hydrogen-bond donors (Lipinski definition) is 1. The summed E-state index contributed by atoms with van der Waals surface area (Å²) in [4.78, 5) is 16.5. The molecule has 2 aromatic carbocycles. The van der Waals surface area contributed by atoms with Crippen LogP contribution in [0.3, 0.4) is 0 Å². The van der Waals surface area contributed by atoms with Gasteiger partial charge in [0.25, 0.3) is 5.91 Å². The highest BCUT2D eigenvalue weighted by Gasteiger charge is 2.11. The highest BCUT2D eigenvalue weighted by atomic mass is 19.1. The molecule has 3 rings (SSSR count). The Kier molecular flexibility index (Phi) is 4.37. The minimum absolute atomic E-state index is 0.260. The van der Waals surface area contributed by atoms with Gasteiger partial charge in [0, 0.05) is 23.2 Å². The van der Waals surface area contributed by atoms with Gasteiger partial charge in [-0.1, -0.05) is 30.3 Å². The van der Waals surface area contributed by atoms with Crippen molar-refractivity contribution in [2.24, 2.45) is 0 Å². The number of aryl methyl sites for hydroxylation is 2. The number of carbonyl (C=O) groups is 1. The van der Waals surface area contributed by atoms with Crippen LogP contribution in [0.15, 0.2) is 47.0 Å². The molecule has 6 heteroatoms. The topological polar surface area (TPSA) is 68.0 Å². The monoisotopic (exact) mass is 325 g/mol. The van der Waals surface area contributed by atoms with Crippen molar-refractivity contribution in [3.05, 3.63) is 65.3 Å². The molecule has 0 atom stereocenters. The van der Waals surface area contributed by atoms with Crippen molar-refractivity contribution >= 4 is 11.6 Å². The zero-order chi connectivity index (χ0) is 17.1. The number of benzene rings is 2. The zero-order valence-electron chi connectivity index (χ0n) is 13.3. The Morgan fingerprint density at radius 2 is 2.08 bits per heavy atom. The van der Waals surface area contributed by atoms with Gasteiger partial charge < -0.3 is 9.84 Å². The molecule has 3 aromatic rings. The average Bonchev–Trinajstić information content (AvgIpc) is 3.07. The Labute approximate surface area is 138 Å². The molecule has 0 aliphatic rings. The van der Waals surface area contributed by atoms with Crippen LogP contribution in [0.1, 0.15) is 28.7 Å². The number of aromatic nitrogens is 2. The molecule has 1 amide bonds. The molecule has 0 aliphatic heterocycles. The molecule has 1 heterocycles. The molecular formula is C18H16FN3O2. The third-order valence-corrected chi connectivity index (χ3v) is 3.58. The summed E-state index contributed by atoms with van der Waals surface area (Å²) in [7, 11) is 0. The van der Waals surface area contributed by atoms with Crippen molar-refractivity contribution < 1.29 is 13.7 Å². The third-order valence-electron chi connectivity index (χ3n) is 3.58. The normalized spacial score (nSPS) is 10.6. The smallest absolute Gasteiger partial charge is 0.255 e. The molecule has 0 radical (unpaired) electrons. The lowest BCUT2D eigenvalue weighted by atomic mass is 10.1. The van der Waals surface area contributed by atoms with Gasteiger partial charge in [0.2, 0.25) is 11.7 Å². The van der Waals surface area contributed by atoms with E-state index in [4.69, 9.17) is 4.52 Å². The molecule has 1 aromatic heterocycles. The van der Waals surface area contributed by atoms with Crippen LogP contribution >= 0.6 is 0 Å². The first kappa shape index (κ1) is 15.9. The summed E-state index contributed by atoms with van der Waals surface area (Å²) >= 11 is 0. The van der Waals surface area contributed by atoms with Gasteiger partial charge >= 0.3 is 0 Å². The summed E-state index contributed by atoms with van der Waals surface area (Å²) in [5.74, 6) is 0.225. The number of carbonyl (C=O) groups excluding carboxylic acids is 1. The van der Waals surface area contributed by atoms with Gasteiger partial charge in [-0.25, -0.2) is 4.39 Å². The van der Waals surface area contributed by atoms with E-state index in [0.717, 1.165) is 5.56 Å². The van der Waals surface area contributed by atoms with E-state index < -0.39 is 5.82 Å². The Morgan fingerprint density at radius 1 is 1.25 bits per heavy atom. The van der Waals surface area contributed by atoms with E-state index in [2.05, 4.69) is 15.5 Å². The van der Waals surface area contributed by atoms with Gasteiger partial charge in [0.05, 0.1) is 0 Å². The van der Waals surface area contributed by atoms with E-state index in [0.29, 0.717) is 29.4 Å². The van der Waals surface area contributed by atoms with Crippen molar-refractivity contribution in [3.63, 3.8) is 0 Å². The fraction of sp³-hybridized carbons (Fsp3) is 0.167. The lowest BCUT2D eigenvalue weighted by Gasteiger charge is -2.07. The SMILES string of the molecule is CCc1nc(-c2cccc(NC(=O)c3ccc(C)c(F)c3)c2)no1. The van der Waals surface area contributed by atoms with Gasteiger partial charge in [0.15, 0.2) is 0 Å². The Bertz CT molecular complexity index is 889. The fourth-order valence-electron chi connectivity index (χ4n) is 2.19. The van der Waals surface area contributed by atoms with E-state index >= 15 is 0 Å². The molecule has 1 N–H and O–H groups in total. The second kappa shape index (κ2) is 6.62. The summed E-state index contributed by atoms with van der Waals surface area (Å²) in [6.07, 6.45) is 0.655. The molecule has 122 valence electrons.